The van der Waals surface area contributed by atoms with Gasteiger partial charge in [0.2, 0.25) is 0 Å². The van der Waals surface area contributed by atoms with Gasteiger partial charge in [0.15, 0.2) is 28.8 Å². The smallest absolute Gasteiger partial charge is 0.393 e. The summed E-state index contributed by atoms with van der Waals surface area (Å²) in [6.07, 6.45) is -6.21. The SMILES string of the molecule is CCC(=O)c1[nH]nc2nc(-c3cc(F)c(O)cc3CC(F)(F)F)nc(NCc3cc(O)ccc3N(C)S(=O)(=O)c3ccccc3)c12. The van der Waals surface area contributed by atoms with Crippen molar-refractivity contribution >= 4 is 38.3 Å². The van der Waals surface area contributed by atoms with Gasteiger partial charge in [-0.25, -0.2) is 22.8 Å². The number of aromatic hydroxyl groups is 2. The summed E-state index contributed by atoms with van der Waals surface area (Å²) in [4.78, 5) is 21.3. The molecule has 2 heterocycles. The molecule has 0 amide bonds. The lowest BCUT2D eigenvalue weighted by Gasteiger charge is -2.23. The topological polar surface area (TPSA) is 161 Å². The molecular weight excluding hydrogens is 632 g/mol. The van der Waals surface area contributed by atoms with Crippen molar-refractivity contribution < 1.29 is 41.0 Å². The highest BCUT2D eigenvalue weighted by atomic mass is 32.2. The zero-order valence-electron chi connectivity index (χ0n) is 24.2. The number of phenolic OH excluding ortho intramolecular Hbond substituents is 2. The predicted octanol–water partition coefficient (Wildman–Crippen LogP) is 5.70. The van der Waals surface area contributed by atoms with Crippen LogP contribution in [0.4, 0.5) is 29.1 Å². The highest BCUT2D eigenvalue weighted by Gasteiger charge is 2.31. The van der Waals surface area contributed by atoms with Gasteiger partial charge in [0.25, 0.3) is 10.0 Å². The number of nitrogens with one attached hydrogen (secondary N) is 2. The van der Waals surface area contributed by atoms with Crippen LogP contribution in [0.15, 0.2) is 65.6 Å². The van der Waals surface area contributed by atoms with Crippen LogP contribution in [0.5, 0.6) is 11.5 Å². The number of Topliss-reactive ketones (excluding diaryl/α,β-unsaturated/α-hetero) is 1. The number of nitrogens with zero attached hydrogens (tertiary/aromatic N) is 4. The molecule has 11 nitrogen and oxygen atoms in total. The number of H-pyrrole nitrogens is 1. The molecule has 0 radical (unpaired) electrons. The minimum atomic E-state index is -4.73. The molecule has 2 aromatic heterocycles. The van der Waals surface area contributed by atoms with Crippen LogP contribution in [0.3, 0.4) is 0 Å². The number of carbonyl (C=O) groups is 1. The molecule has 4 N–H and O–H groups in total. The molecule has 0 aliphatic rings. The predicted molar refractivity (Wildman–Crippen MR) is 161 cm³/mol. The molecule has 0 saturated carbocycles. The van der Waals surface area contributed by atoms with Crippen LogP contribution < -0.4 is 9.62 Å². The van der Waals surface area contributed by atoms with Crippen molar-refractivity contribution in [3.05, 3.63) is 83.3 Å². The lowest BCUT2D eigenvalue weighted by molar-refractivity contribution is -0.127. The molecule has 0 fully saturated rings. The van der Waals surface area contributed by atoms with E-state index in [1.807, 2.05) is 0 Å². The molecule has 5 rings (SSSR count). The van der Waals surface area contributed by atoms with Crippen LogP contribution in [0.25, 0.3) is 22.4 Å². The van der Waals surface area contributed by atoms with Crippen LogP contribution in [-0.2, 0) is 23.0 Å². The molecule has 46 heavy (non-hydrogen) atoms. The highest BCUT2D eigenvalue weighted by molar-refractivity contribution is 7.92. The largest absolute Gasteiger partial charge is 0.508 e. The van der Waals surface area contributed by atoms with E-state index in [0.717, 1.165) is 4.31 Å². The fraction of sp³-hybridized carbons (Fsp3) is 0.200. The first kappa shape index (κ1) is 32.2. The fourth-order valence-electron chi connectivity index (χ4n) is 4.81. The van der Waals surface area contributed by atoms with Crippen molar-refractivity contribution in [2.45, 2.75) is 37.4 Å². The van der Waals surface area contributed by atoms with Gasteiger partial charge in [-0.3, -0.25) is 14.2 Å². The van der Waals surface area contributed by atoms with Crippen molar-refractivity contribution in [2.75, 3.05) is 16.7 Å². The third-order valence-corrected chi connectivity index (χ3v) is 8.85. The summed E-state index contributed by atoms with van der Waals surface area (Å²) in [6.45, 7) is 1.39. The number of alkyl halides is 3. The van der Waals surface area contributed by atoms with Gasteiger partial charge >= 0.3 is 6.18 Å². The van der Waals surface area contributed by atoms with Gasteiger partial charge in [-0.2, -0.15) is 18.3 Å². The van der Waals surface area contributed by atoms with E-state index in [1.165, 1.54) is 37.4 Å². The van der Waals surface area contributed by atoms with Gasteiger partial charge in [-0.1, -0.05) is 25.1 Å². The van der Waals surface area contributed by atoms with E-state index < -0.39 is 45.6 Å². The van der Waals surface area contributed by atoms with Gasteiger partial charge < -0.3 is 15.5 Å². The van der Waals surface area contributed by atoms with Gasteiger partial charge in [0.05, 0.1) is 22.4 Å². The standard InChI is InChI=1S/C30H26F4N6O5S/c1-3-23(42)26-25-28(35-15-17-11-18(41)9-10-22(17)40(2)46(44,45)19-7-5-4-6-8-19)36-27(37-29(25)39-38-26)20-13-21(31)24(43)12-16(20)14-30(32,33)34/h4-13,41,43H,3,14-15H2,1-2H3,(H2,35,36,37,38,39). The Balaban J connectivity index is 1.62. The summed E-state index contributed by atoms with van der Waals surface area (Å²) in [7, 11) is -2.71. The van der Waals surface area contributed by atoms with Crippen LogP contribution >= 0.6 is 0 Å². The Hall–Kier alpha value is -5.25. The van der Waals surface area contributed by atoms with E-state index in [0.29, 0.717) is 12.1 Å². The number of aromatic nitrogens is 4. The summed E-state index contributed by atoms with van der Waals surface area (Å²) < 4.78 is 82.5. The van der Waals surface area contributed by atoms with Crippen LogP contribution in [-0.4, -0.2) is 57.8 Å². The lowest BCUT2D eigenvalue weighted by atomic mass is 10.0. The van der Waals surface area contributed by atoms with Gasteiger partial charge in [-0.05, 0) is 53.6 Å². The number of aromatic amines is 1. The number of fused-ring (bicyclic) bond motifs is 1. The van der Waals surface area contributed by atoms with Crippen LogP contribution in [0.2, 0.25) is 0 Å². The molecule has 0 spiro atoms. The molecule has 0 bridgehead atoms. The van der Waals surface area contributed by atoms with Crippen LogP contribution in [0, 0.1) is 5.82 Å². The zero-order valence-corrected chi connectivity index (χ0v) is 25.0. The van der Waals surface area contributed by atoms with E-state index in [2.05, 4.69) is 25.5 Å². The number of sulfonamides is 1. The number of phenols is 2. The Kier molecular flexibility index (Phi) is 8.58. The number of carbonyl (C=O) groups excluding carboxylic acids is 1. The zero-order chi connectivity index (χ0) is 33.4. The first-order valence-electron chi connectivity index (χ1n) is 13.7. The van der Waals surface area contributed by atoms with Gasteiger partial charge in [-0.15, -0.1) is 0 Å². The molecule has 16 heteroatoms. The second-order valence-electron chi connectivity index (χ2n) is 10.2. The number of anilines is 2. The summed E-state index contributed by atoms with van der Waals surface area (Å²) in [5.41, 5.74) is -0.592. The maximum absolute atomic E-state index is 14.4. The first-order valence-corrected chi connectivity index (χ1v) is 15.1. The van der Waals surface area contributed by atoms with Gasteiger partial charge in [0, 0.05) is 25.6 Å². The van der Waals surface area contributed by atoms with Crippen molar-refractivity contribution in [1.29, 1.82) is 0 Å². The number of halogens is 4. The fourth-order valence-corrected chi connectivity index (χ4v) is 6.06. The molecule has 3 aromatic carbocycles. The second kappa shape index (κ2) is 12.3. The maximum atomic E-state index is 14.4. The third-order valence-electron chi connectivity index (χ3n) is 7.07. The molecular formula is C30H26F4N6O5S. The van der Waals surface area contributed by atoms with Crippen molar-refractivity contribution in [3.8, 4) is 22.9 Å². The van der Waals surface area contributed by atoms with E-state index in [1.54, 1.807) is 25.1 Å². The Bertz CT molecular complexity index is 2050. The number of ketones is 1. The monoisotopic (exact) mass is 658 g/mol. The van der Waals surface area contributed by atoms with Crippen LogP contribution in [0.1, 0.15) is 35.0 Å². The molecule has 0 unspecified atom stereocenters. The minimum absolute atomic E-state index is 0.00106. The molecule has 5 aromatic rings. The number of hydrogen-bond donors (Lipinski definition) is 4. The summed E-state index contributed by atoms with van der Waals surface area (Å²) in [5.74, 6) is -3.28. The molecule has 0 atom stereocenters. The number of hydrogen-bond acceptors (Lipinski definition) is 9. The third kappa shape index (κ3) is 6.42. The average molecular weight is 659 g/mol. The maximum Gasteiger partial charge on any atom is 0.393 e. The second-order valence-corrected chi connectivity index (χ2v) is 12.1. The number of rotatable bonds is 10. The Morgan fingerprint density at radius 3 is 2.41 bits per heavy atom. The molecule has 0 saturated heterocycles. The summed E-state index contributed by atoms with van der Waals surface area (Å²) >= 11 is 0. The lowest BCUT2D eigenvalue weighted by Crippen LogP contribution is -2.27. The van der Waals surface area contributed by atoms with E-state index >= 15 is 0 Å². The van der Waals surface area contributed by atoms with Crippen molar-refractivity contribution in [1.82, 2.24) is 20.2 Å². The van der Waals surface area contributed by atoms with E-state index in [9.17, 15) is 41.0 Å². The van der Waals surface area contributed by atoms with Gasteiger partial charge in [0.1, 0.15) is 17.3 Å². The quantitative estimate of drug-likeness (QED) is 0.109. The van der Waals surface area contributed by atoms with E-state index in [4.69, 9.17) is 0 Å². The molecule has 240 valence electrons. The van der Waals surface area contributed by atoms with Crippen molar-refractivity contribution in [3.63, 3.8) is 0 Å². The minimum Gasteiger partial charge on any atom is -0.508 e. The molecule has 0 aliphatic carbocycles. The normalized spacial score (nSPS) is 12.0. The highest BCUT2D eigenvalue weighted by Crippen LogP contribution is 2.35. The summed E-state index contributed by atoms with van der Waals surface area (Å²) in [6, 6.07) is 12.9. The Morgan fingerprint density at radius 1 is 1.02 bits per heavy atom. The van der Waals surface area contributed by atoms with E-state index in [-0.39, 0.29) is 68.8 Å². The Morgan fingerprint density at radius 2 is 1.74 bits per heavy atom. The summed E-state index contributed by atoms with van der Waals surface area (Å²) in [5, 5.41) is 29.7. The molecule has 0 aliphatic heterocycles. The first-order chi connectivity index (χ1) is 21.7. The number of benzene rings is 3. The Labute approximate surface area is 259 Å². The van der Waals surface area contributed by atoms with Crippen molar-refractivity contribution in [2.24, 2.45) is 0 Å². The average Bonchev–Trinajstić information content (AvgIpc) is 3.45.